The first kappa shape index (κ1) is 32.5. The number of hydrogen-bond donors (Lipinski definition) is 0. The van der Waals surface area contributed by atoms with Crippen molar-refractivity contribution in [1.82, 2.24) is 0 Å². The van der Waals surface area contributed by atoms with Gasteiger partial charge in [0.15, 0.2) is 0 Å². The molecule has 0 unspecified atom stereocenters. The van der Waals surface area contributed by atoms with Crippen molar-refractivity contribution >= 4 is 21.5 Å². The topological polar surface area (TPSA) is 26.3 Å². The van der Waals surface area contributed by atoms with Crippen LogP contribution in [-0.4, -0.2) is 0 Å². The zero-order valence-corrected chi connectivity index (χ0v) is 29.9. The molecule has 0 spiro atoms. The maximum atomic E-state index is 5.77. The van der Waals surface area contributed by atoms with Crippen LogP contribution >= 0.6 is 0 Å². The van der Waals surface area contributed by atoms with E-state index in [1.54, 1.807) is 0 Å². The molecular weight excluding hydrogens is 652 g/mol. The van der Waals surface area contributed by atoms with Gasteiger partial charge in [0.05, 0.1) is 23.0 Å². The van der Waals surface area contributed by atoms with Gasteiger partial charge in [0.1, 0.15) is 0 Å². The molecule has 0 saturated heterocycles. The number of hydrogen-bond acceptors (Lipinski definition) is 2. The van der Waals surface area contributed by atoms with E-state index < -0.39 is 0 Å². The quantitative estimate of drug-likeness (QED) is 0.162. The van der Waals surface area contributed by atoms with Gasteiger partial charge in [-0.15, -0.1) is 57.9 Å². The summed E-state index contributed by atoms with van der Waals surface area (Å²) in [6.07, 6.45) is 2.14. The molecule has 0 fully saturated rings. The fourth-order valence-corrected chi connectivity index (χ4v) is 6.28. The van der Waals surface area contributed by atoms with E-state index in [4.69, 9.17) is 8.83 Å². The van der Waals surface area contributed by atoms with Gasteiger partial charge in [-0.05, 0) is 73.2 Å². The number of fused-ring (bicyclic) bond motifs is 2. The zero-order valence-electron chi connectivity index (χ0n) is 27.4. The van der Waals surface area contributed by atoms with Crippen LogP contribution in [0.15, 0.2) is 142 Å². The molecule has 0 aliphatic rings. The molecule has 230 valence electrons. The predicted molar refractivity (Wildman–Crippen MR) is 194 cm³/mol. The Morgan fingerprint density at radius 2 is 0.894 bits per heavy atom. The van der Waals surface area contributed by atoms with Crippen LogP contribution in [0.4, 0.5) is 0 Å². The van der Waals surface area contributed by atoms with Crippen LogP contribution in [-0.2, 0) is 39.0 Å². The van der Waals surface area contributed by atoms with Crippen LogP contribution in [0.1, 0.15) is 36.5 Å². The van der Waals surface area contributed by atoms with E-state index in [-0.39, 0.29) is 26.2 Å². The first-order valence-electron chi connectivity index (χ1n) is 16.2. The van der Waals surface area contributed by atoms with E-state index in [1.165, 1.54) is 54.9 Å². The molecule has 2 nitrogen and oxygen atoms in total. The van der Waals surface area contributed by atoms with Crippen LogP contribution in [0.5, 0.6) is 0 Å². The third-order valence-corrected chi connectivity index (χ3v) is 8.90. The van der Waals surface area contributed by atoms with E-state index >= 15 is 0 Å². The molecule has 47 heavy (non-hydrogen) atoms. The fourth-order valence-electron chi connectivity index (χ4n) is 6.28. The van der Waals surface area contributed by atoms with Crippen molar-refractivity contribution in [2.45, 2.75) is 40.5 Å². The average Bonchev–Trinajstić information content (AvgIpc) is 3.91. The molecule has 0 radical (unpaired) electrons. The van der Waals surface area contributed by atoms with Crippen molar-refractivity contribution in [3.8, 4) is 44.9 Å². The van der Waals surface area contributed by atoms with Crippen molar-refractivity contribution < 1.29 is 35.0 Å². The third kappa shape index (κ3) is 6.83. The van der Waals surface area contributed by atoms with Crippen molar-refractivity contribution in [3.05, 3.63) is 156 Å². The Morgan fingerprint density at radius 3 is 1.23 bits per heavy atom. The molecule has 0 aliphatic heterocycles. The van der Waals surface area contributed by atoms with Gasteiger partial charge in [0, 0.05) is 0 Å². The first-order valence-corrected chi connectivity index (χ1v) is 16.2. The van der Waals surface area contributed by atoms with Gasteiger partial charge in [-0.2, -0.15) is 0 Å². The Balaban J connectivity index is 0.000000161. The summed E-state index contributed by atoms with van der Waals surface area (Å²) < 4.78 is 11.5. The monoisotopic (exact) mass is 688 g/mol. The second-order valence-electron chi connectivity index (χ2n) is 12.0. The molecule has 0 atom stereocenters. The Hall–Kier alpha value is -4.46. The predicted octanol–water partition coefficient (Wildman–Crippen LogP) is 12.7. The molecule has 0 amide bonds. The van der Waals surface area contributed by atoms with Crippen molar-refractivity contribution in [1.29, 1.82) is 0 Å². The van der Waals surface area contributed by atoms with Crippen LogP contribution in [0, 0.1) is 13.8 Å². The van der Waals surface area contributed by atoms with Gasteiger partial charge in [0.2, 0.25) is 0 Å². The molecule has 6 aromatic carbocycles. The Kier molecular flexibility index (Phi) is 9.76. The summed E-state index contributed by atoms with van der Waals surface area (Å²) in [4.78, 5) is 0. The average molecular weight is 690 g/mol. The minimum atomic E-state index is 0. The largest absolute Gasteiger partial charge is 2.00 e. The Morgan fingerprint density at radius 1 is 0.489 bits per heavy atom. The molecule has 3 heteroatoms. The smallest absolute Gasteiger partial charge is 0.496 e. The number of furan rings is 2. The summed E-state index contributed by atoms with van der Waals surface area (Å²) in [6, 6.07) is 47.7. The van der Waals surface area contributed by atoms with E-state index in [9.17, 15) is 0 Å². The zero-order chi connectivity index (χ0) is 31.6. The van der Waals surface area contributed by atoms with E-state index in [1.807, 2.05) is 38.1 Å². The van der Waals surface area contributed by atoms with Gasteiger partial charge in [-0.3, -0.25) is 0 Å². The molecule has 0 aliphatic carbocycles. The summed E-state index contributed by atoms with van der Waals surface area (Å²) in [5.74, 6) is 3.76. The summed E-state index contributed by atoms with van der Waals surface area (Å²) >= 11 is 0. The van der Waals surface area contributed by atoms with Gasteiger partial charge in [-0.1, -0.05) is 109 Å². The van der Waals surface area contributed by atoms with Gasteiger partial charge in [0.25, 0.3) is 0 Å². The summed E-state index contributed by atoms with van der Waals surface area (Å²) in [5.41, 5.74) is 10.1. The minimum absolute atomic E-state index is 0. The minimum Gasteiger partial charge on any atom is -0.496 e. The van der Waals surface area contributed by atoms with Crippen molar-refractivity contribution in [2.75, 3.05) is 0 Å². The van der Waals surface area contributed by atoms with Gasteiger partial charge in [-0.25, -0.2) is 0 Å². The van der Waals surface area contributed by atoms with Crippen LogP contribution < -0.4 is 0 Å². The third-order valence-electron chi connectivity index (χ3n) is 8.90. The summed E-state index contributed by atoms with van der Waals surface area (Å²) in [6.45, 7) is 8.33. The summed E-state index contributed by atoms with van der Waals surface area (Å²) in [5, 5.41) is 5.07. The second kappa shape index (κ2) is 14.1. The molecule has 0 bridgehead atoms. The van der Waals surface area contributed by atoms with Crippen LogP contribution in [0.3, 0.4) is 0 Å². The van der Waals surface area contributed by atoms with E-state index in [2.05, 4.69) is 123 Å². The fraction of sp³-hybridized carbons (Fsp3) is 0.136. The van der Waals surface area contributed by atoms with Gasteiger partial charge >= 0.3 is 26.2 Å². The van der Waals surface area contributed by atoms with Crippen LogP contribution in [0.25, 0.3) is 66.4 Å². The molecule has 8 aromatic rings. The number of aryl methyl sites for hydroxylation is 4. The molecule has 0 saturated carbocycles. The van der Waals surface area contributed by atoms with Crippen molar-refractivity contribution in [2.24, 2.45) is 0 Å². The standard InChI is InChI=1S/2C22H19O.Zr/c2*1-3-16-8-10-17(11-9-16)20-6-4-5-18-13-19(14-21(18)20)22-12-7-15(2)23-22;/h2*4-14H,3H2,1-2H3;/q2*-1;+2. The van der Waals surface area contributed by atoms with E-state index in [0.29, 0.717) is 0 Å². The molecular formula is C44H38O2Zr. The van der Waals surface area contributed by atoms with Crippen LogP contribution in [0.2, 0.25) is 0 Å². The Labute approximate surface area is 296 Å². The maximum Gasteiger partial charge on any atom is 2.00 e. The molecule has 2 heterocycles. The van der Waals surface area contributed by atoms with Crippen molar-refractivity contribution in [3.63, 3.8) is 0 Å². The molecule has 2 aromatic heterocycles. The number of rotatable bonds is 6. The first-order chi connectivity index (χ1) is 22.5. The second-order valence-corrected chi connectivity index (χ2v) is 12.0. The normalized spacial score (nSPS) is 11.0. The summed E-state index contributed by atoms with van der Waals surface area (Å²) in [7, 11) is 0. The number of benzene rings is 4. The van der Waals surface area contributed by atoms with Gasteiger partial charge < -0.3 is 8.83 Å². The Bertz CT molecular complexity index is 2070. The molecule has 0 N–H and O–H groups in total. The molecule has 8 rings (SSSR count). The van der Waals surface area contributed by atoms with E-state index in [0.717, 1.165) is 47.0 Å². The maximum absolute atomic E-state index is 5.77. The SMILES string of the molecule is CCc1ccc(-c2cccc3[cH-]c(-c4ccc(C)o4)cc23)cc1.CCc1ccc(-c2cccc3[cH-]c(-c4ccc(C)o4)cc23)cc1.[Zr+2].